The van der Waals surface area contributed by atoms with Crippen molar-refractivity contribution in [1.29, 1.82) is 0 Å². The van der Waals surface area contributed by atoms with Crippen LogP contribution in [0.4, 0.5) is 0 Å². The molecule has 9 heteroatoms. The summed E-state index contributed by atoms with van der Waals surface area (Å²) in [5.74, 6) is -1.68. The van der Waals surface area contributed by atoms with E-state index in [-0.39, 0.29) is 6.29 Å². The van der Waals surface area contributed by atoms with Gasteiger partial charge in [-0.15, -0.1) is 22.7 Å². The van der Waals surface area contributed by atoms with Crippen LogP contribution in [0.25, 0.3) is 20.1 Å². The fourth-order valence-corrected chi connectivity index (χ4v) is 3.62. The molecule has 108 valence electrons. The number of fused-ring (bicyclic) bond motifs is 1. The maximum atomic E-state index is 8.89. The van der Waals surface area contributed by atoms with Crippen molar-refractivity contribution in [2.45, 2.75) is 4.34 Å². The van der Waals surface area contributed by atoms with Crippen LogP contribution in [0.1, 0.15) is 0 Å². The van der Waals surface area contributed by atoms with Crippen LogP contribution in [0.2, 0.25) is 0 Å². The lowest BCUT2D eigenvalue weighted by Gasteiger charge is -1.84. The van der Waals surface area contributed by atoms with Crippen LogP contribution in [0, 0.1) is 0 Å². The first kappa shape index (κ1) is 15.6. The van der Waals surface area contributed by atoms with Gasteiger partial charge in [0.15, 0.2) is 10.6 Å². The Hall–Kier alpha value is -1.81. The standard InChI is InChI=1S/C10H7N3S3.C2H2O3/c11-16-10-12-5-8(15-10)9-13-6-3-1-2-4-7(6)14-9;3-1-2(4)5/h1-5H,11H2;1H,(H,4,5)/p-1. The van der Waals surface area contributed by atoms with E-state index in [0.29, 0.717) is 0 Å². The molecule has 1 aromatic carbocycles. The molecule has 0 fully saturated rings. The molecule has 2 aromatic heterocycles. The van der Waals surface area contributed by atoms with Crippen LogP contribution in [-0.2, 0) is 9.59 Å². The largest absolute Gasteiger partial charge is 0.542 e. The zero-order valence-electron chi connectivity index (χ0n) is 10.4. The average Bonchev–Trinajstić information content (AvgIpc) is 3.13. The number of nitrogens with two attached hydrogens (primary N) is 1. The number of nitrogens with zero attached hydrogens (tertiary/aromatic N) is 2. The van der Waals surface area contributed by atoms with Crippen molar-refractivity contribution < 1.29 is 14.7 Å². The molecule has 0 saturated carbocycles. The Labute approximate surface area is 131 Å². The third kappa shape index (κ3) is 4.08. The highest BCUT2D eigenvalue weighted by atomic mass is 32.2. The Balaban J connectivity index is 0.000000282. The predicted octanol–water partition coefficient (Wildman–Crippen LogP) is 1.32. The van der Waals surface area contributed by atoms with E-state index in [1.54, 1.807) is 22.7 Å². The van der Waals surface area contributed by atoms with Gasteiger partial charge in [-0.3, -0.25) is 9.93 Å². The number of hydrogen-bond acceptors (Lipinski definition) is 9. The number of benzene rings is 1. The lowest BCUT2D eigenvalue weighted by Crippen LogP contribution is -2.22. The van der Waals surface area contributed by atoms with Crippen molar-refractivity contribution in [1.82, 2.24) is 9.97 Å². The summed E-state index contributed by atoms with van der Waals surface area (Å²) in [6.07, 6.45) is 1.55. The Kier molecular flexibility index (Phi) is 5.39. The highest BCUT2D eigenvalue weighted by molar-refractivity contribution is 7.98. The second-order valence-corrected chi connectivity index (χ2v) is 6.47. The van der Waals surface area contributed by atoms with Crippen LogP contribution in [0.3, 0.4) is 0 Å². The molecule has 0 unspecified atom stereocenters. The number of aldehydes is 1. The predicted molar refractivity (Wildman–Crippen MR) is 81.8 cm³/mol. The van der Waals surface area contributed by atoms with Gasteiger partial charge in [0.25, 0.3) is 0 Å². The van der Waals surface area contributed by atoms with Gasteiger partial charge >= 0.3 is 0 Å². The molecular weight excluding hydrogens is 330 g/mol. The van der Waals surface area contributed by atoms with Gasteiger partial charge in [-0.2, -0.15) is 0 Å². The SMILES string of the molecule is NSc1ncc(-c2nc3ccccc3s2)s1.O=CC(=O)[O-]. The molecule has 0 amide bonds. The fraction of sp³-hybridized carbons (Fsp3) is 0. The zero-order chi connectivity index (χ0) is 15.2. The van der Waals surface area contributed by atoms with E-state index in [1.807, 2.05) is 24.4 Å². The second-order valence-electron chi connectivity index (χ2n) is 3.53. The molecule has 0 aliphatic heterocycles. The normalized spacial score (nSPS) is 9.95. The van der Waals surface area contributed by atoms with E-state index >= 15 is 0 Å². The molecular formula is C12H8N3O3S3-. The first-order chi connectivity index (χ1) is 10.1. The van der Waals surface area contributed by atoms with Gasteiger partial charge in [-0.25, -0.2) is 9.97 Å². The van der Waals surface area contributed by atoms with Crippen LogP contribution >= 0.6 is 34.6 Å². The van der Waals surface area contributed by atoms with E-state index < -0.39 is 5.97 Å². The van der Waals surface area contributed by atoms with E-state index in [1.165, 1.54) is 16.6 Å². The monoisotopic (exact) mass is 338 g/mol. The number of thiazole rings is 2. The third-order valence-corrected chi connectivity index (χ3v) is 5.03. The highest BCUT2D eigenvalue weighted by Gasteiger charge is 2.09. The van der Waals surface area contributed by atoms with Gasteiger partial charge in [-0.1, -0.05) is 12.1 Å². The summed E-state index contributed by atoms with van der Waals surface area (Å²) in [6, 6.07) is 8.13. The van der Waals surface area contributed by atoms with Crippen molar-refractivity contribution >= 4 is 57.1 Å². The van der Waals surface area contributed by atoms with Gasteiger partial charge in [0.05, 0.1) is 15.1 Å². The highest BCUT2D eigenvalue weighted by Crippen LogP contribution is 2.34. The van der Waals surface area contributed by atoms with E-state index in [2.05, 4.69) is 16.0 Å². The Bertz CT molecular complexity index is 736. The molecule has 2 heterocycles. The molecule has 21 heavy (non-hydrogen) atoms. The maximum absolute atomic E-state index is 8.89. The molecule has 0 radical (unpaired) electrons. The van der Waals surface area contributed by atoms with E-state index in [0.717, 1.165) is 19.7 Å². The quantitative estimate of drug-likeness (QED) is 0.436. The van der Waals surface area contributed by atoms with Crippen LogP contribution < -0.4 is 10.2 Å². The van der Waals surface area contributed by atoms with Gasteiger partial charge in [-0.05, 0) is 24.1 Å². The molecule has 2 N–H and O–H groups in total. The molecule has 0 aliphatic rings. The first-order valence-corrected chi connectivity index (χ1v) is 8.00. The number of hydrogen-bond donors (Lipinski definition) is 1. The molecule has 0 bridgehead atoms. The molecule has 0 atom stereocenters. The van der Waals surface area contributed by atoms with E-state index in [9.17, 15) is 0 Å². The zero-order valence-corrected chi connectivity index (χ0v) is 12.8. The van der Waals surface area contributed by atoms with Crippen molar-refractivity contribution in [3.63, 3.8) is 0 Å². The fourth-order valence-electron chi connectivity index (χ4n) is 1.39. The van der Waals surface area contributed by atoms with Gasteiger partial charge in [0.2, 0.25) is 0 Å². The number of aromatic nitrogens is 2. The smallest absolute Gasteiger partial charge is 0.165 e. The number of aliphatic carboxylic acids is 1. The summed E-state index contributed by atoms with van der Waals surface area (Å²) >= 11 is 4.43. The molecule has 0 aliphatic carbocycles. The molecule has 3 rings (SSSR count). The number of carbonyl (C=O) groups excluding carboxylic acids is 2. The lowest BCUT2D eigenvalue weighted by atomic mass is 10.3. The Morgan fingerprint density at radius 1 is 1.33 bits per heavy atom. The molecule has 0 saturated heterocycles. The second kappa shape index (κ2) is 7.27. The van der Waals surface area contributed by atoms with Gasteiger partial charge < -0.3 is 9.90 Å². The summed E-state index contributed by atoms with van der Waals surface area (Å²) in [6.45, 7) is 0. The summed E-state index contributed by atoms with van der Waals surface area (Å²) in [5.41, 5.74) is 1.04. The van der Waals surface area contributed by atoms with E-state index in [4.69, 9.17) is 19.8 Å². The maximum Gasteiger partial charge on any atom is 0.165 e. The third-order valence-electron chi connectivity index (χ3n) is 2.19. The molecule has 0 spiro atoms. The number of rotatable bonds is 3. The number of carboxylic acids is 1. The Morgan fingerprint density at radius 3 is 2.62 bits per heavy atom. The minimum Gasteiger partial charge on any atom is -0.542 e. The molecule has 3 aromatic rings. The molecule has 6 nitrogen and oxygen atoms in total. The minimum absolute atomic E-state index is 0.278. The van der Waals surface area contributed by atoms with Crippen molar-refractivity contribution in [3.05, 3.63) is 30.5 Å². The number of carboxylic acid groups (broad SMARTS) is 1. The summed E-state index contributed by atoms with van der Waals surface area (Å²) in [7, 11) is 0. The van der Waals surface area contributed by atoms with Crippen LogP contribution in [-0.4, -0.2) is 22.2 Å². The van der Waals surface area contributed by atoms with Crippen LogP contribution in [0.5, 0.6) is 0 Å². The van der Waals surface area contributed by atoms with Crippen LogP contribution in [0.15, 0.2) is 34.8 Å². The first-order valence-electron chi connectivity index (χ1n) is 5.48. The Morgan fingerprint density at radius 2 is 2.05 bits per heavy atom. The average molecular weight is 338 g/mol. The number of carbonyl (C=O) groups is 2. The minimum atomic E-state index is -1.68. The lowest BCUT2D eigenvalue weighted by molar-refractivity contribution is -0.298. The summed E-state index contributed by atoms with van der Waals surface area (Å²) in [5, 5.41) is 15.4. The number of para-hydroxylation sites is 1. The van der Waals surface area contributed by atoms with Gasteiger partial charge in [0.1, 0.15) is 11.0 Å². The topological polar surface area (TPSA) is 109 Å². The summed E-state index contributed by atoms with van der Waals surface area (Å²) in [4.78, 5) is 27.6. The van der Waals surface area contributed by atoms with Crippen molar-refractivity contribution in [2.75, 3.05) is 0 Å². The van der Waals surface area contributed by atoms with Crippen molar-refractivity contribution in [3.8, 4) is 9.88 Å². The summed E-state index contributed by atoms with van der Waals surface area (Å²) < 4.78 is 2.07. The van der Waals surface area contributed by atoms with Crippen molar-refractivity contribution in [2.24, 2.45) is 5.14 Å². The van der Waals surface area contributed by atoms with Gasteiger partial charge in [0, 0.05) is 6.20 Å².